The molecule has 1 aliphatic carbocycles. The molecule has 0 saturated heterocycles. The number of hydrogen-bond acceptors (Lipinski definition) is 4. The van der Waals surface area contributed by atoms with Crippen molar-refractivity contribution in [2.24, 2.45) is 5.92 Å². The summed E-state index contributed by atoms with van der Waals surface area (Å²) in [6, 6.07) is 6.62. The van der Waals surface area contributed by atoms with E-state index >= 15 is 0 Å². The van der Waals surface area contributed by atoms with E-state index in [1.54, 1.807) is 30.3 Å². The van der Waals surface area contributed by atoms with E-state index in [1.807, 2.05) is 0 Å². The van der Waals surface area contributed by atoms with Crippen LogP contribution in [0.2, 0.25) is 5.02 Å². The number of carbonyl (C=O) groups is 1. The molecule has 2 unspecified atom stereocenters. The van der Waals surface area contributed by atoms with E-state index in [-0.39, 0.29) is 5.78 Å². The van der Waals surface area contributed by atoms with Crippen molar-refractivity contribution in [3.8, 4) is 0 Å². The minimum atomic E-state index is -1.61. The maximum absolute atomic E-state index is 12.3. The van der Waals surface area contributed by atoms with E-state index < -0.39 is 11.5 Å². The van der Waals surface area contributed by atoms with Gasteiger partial charge in [-0.3, -0.25) is 4.79 Å². The second-order valence-corrected chi connectivity index (χ2v) is 5.31. The van der Waals surface area contributed by atoms with Gasteiger partial charge in [0.25, 0.3) is 0 Å². The normalized spacial score (nSPS) is 24.1. The van der Waals surface area contributed by atoms with E-state index in [0.717, 1.165) is 0 Å². The van der Waals surface area contributed by atoms with Crippen LogP contribution in [0.5, 0.6) is 0 Å². The van der Waals surface area contributed by atoms with Crippen LogP contribution in [0.25, 0.3) is 0 Å². The first-order valence-corrected chi connectivity index (χ1v) is 7.01. The largest absolute Gasteiger partial charge is 0.500 e. The number of ether oxygens (including phenoxy) is 2. The van der Waals surface area contributed by atoms with Crippen LogP contribution in [0.4, 0.5) is 0 Å². The third kappa shape index (κ3) is 2.80. The van der Waals surface area contributed by atoms with E-state index in [1.165, 1.54) is 26.4 Å². The van der Waals surface area contributed by atoms with Crippen LogP contribution in [0.15, 0.2) is 60.6 Å². The topological polar surface area (TPSA) is 55.8 Å². The Morgan fingerprint density at radius 1 is 1.32 bits per heavy atom. The Morgan fingerprint density at radius 2 is 1.95 bits per heavy atom. The average molecular weight is 321 g/mol. The van der Waals surface area contributed by atoms with Crippen molar-refractivity contribution in [1.29, 1.82) is 0 Å². The predicted octanol–water partition coefficient (Wildman–Crippen LogP) is 2.97. The monoisotopic (exact) mass is 320 g/mol. The van der Waals surface area contributed by atoms with Gasteiger partial charge in [0, 0.05) is 11.1 Å². The highest BCUT2D eigenvalue weighted by atomic mass is 35.5. The first-order valence-electron chi connectivity index (χ1n) is 6.63. The Morgan fingerprint density at radius 3 is 2.45 bits per heavy atom. The van der Waals surface area contributed by atoms with Crippen LogP contribution in [0.3, 0.4) is 0 Å². The van der Waals surface area contributed by atoms with Crippen LogP contribution in [-0.2, 0) is 19.9 Å². The van der Waals surface area contributed by atoms with Gasteiger partial charge in [-0.1, -0.05) is 30.3 Å². The van der Waals surface area contributed by atoms with E-state index in [2.05, 4.69) is 6.58 Å². The average Bonchev–Trinajstić information content (AvgIpc) is 2.53. The number of ketones is 1. The summed E-state index contributed by atoms with van der Waals surface area (Å²) in [5.41, 5.74) is -1.10. The third-order valence-corrected chi connectivity index (χ3v) is 3.89. The SMILES string of the molecule is C=CC(=O)C1C(OC)=CC(OC)=CC1(O)c1ccc(Cl)cc1. The second kappa shape index (κ2) is 6.38. The van der Waals surface area contributed by atoms with Crippen LogP contribution in [0.1, 0.15) is 5.56 Å². The molecule has 1 aromatic rings. The number of benzene rings is 1. The van der Waals surface area contributed by atoms with Gasteiger partial charge in [-0.15, -0.1) is 0 Å². The molecule has 22 heavy (non-hydrogen) atoms. The Kier molecular flexibility index (Phi) is 4.74. The fourth-order valence-electron chi connectivity index (χ4n) is 2.52. The fraction of sp³-hybridized carbons (Fsp3) is 0.235. The fourth-order valence-corrected chi connectivity index (χ4v) is 2.64. The van der Waals surface area contributed by atoms with Crippen LogP contribution < -0.4 is 0 Å². The number of halogens is 1. The van der Waals surface area contributed by atoms with E-state index in [4.69, 9.17) is 21.1 Å². The number of aliphatic hydroxyl groups is 1. The lowest BCUT2D eigenvalue weighted by atomic mass is 9.74. The summed E-state index contributed by atoms with van der Waals surface area (Å²) in [5, 5.41) is 11.7. The van der Waals surface area contributed by atoms with Gasteiger partial charge in [-0.2, -0.15) is 0 Å². The summed E-state index contributed by atoms with van der Waals surface area (Å²) in [5.74, 6) is -0.573. The molecular formula is C17H17ClO4. The van der Waals surface area contributed by atoms with E-state index in [9.17, 15) is 9.90 Å². The Balaban J connectivity index is 2.63. The highest BCUT2D eigenvalue weighted by molar-refractivity contribution is 6.30. The smallest absolute Gasteiger partial charge is 0.169 e. The quantitative estimate of drug-likeness (QED) is 0.847. The van der Waals surface area contributed by atoms with Gasteiger partial charge in [0.1, 0.15) is 23.0 Å². The molecule has 0 aliphatic heterocycles. The molecule has 0 bridgehead atoms. The van der Waals surface area contributed by atoms with Gasteiger partial charge in [0.2, 0.25) is 0 Å². The van der Waals surface area contributed by atoms with Gasteiger partial charge >= 0.3 is 0 Å². The number of carbonyl (C=O) groups excluding carboxylic acids is 1. The standard InChI is InChI=1S/C17H17ClO4/c1-4-14(19)16-15(22-3)9-13(21-2)10-17(16,20)11-5-7-12(18)8-6-11/h4-10,16,20H,1H2,2-3H3. The molecule has 0 saturated carbocycles. The summed E-state index contributed by atoms with van der Waals surface area (Å²) < 4.78 is 10.5. The first kappa shape index (κ1) is 16.3. The molecule has 1 aliphatic rings. The minimum Gasteiger partial charge on any atom is -0.500 e. The molecule has 1 N–H and O–H groups in total. The molecular weight excluding hydrogens is 304 g/mol. The molecule has 1 aromatic carbocycles. The summed E-state index contributed by atoms with van der Waals surface area (Å²) in [6.07, 6.45) is 4.24. The highest BCUT2D eigenvalue weighted by Crippen LogP contribution is 2.41. The van der Waals surface area contributed by atoms with Crippen molar-refractivity contribution < 1.29 is 19.4 Å². The zero-order chi connectivity index (χ0) is 16.3. The molecule has 0 amide bonds. The molecule has 5 heteroatoms. The molecule has 0 aromatic heterocycles. The van der Waals surface area contributed by atoms with Gasteiger partial charge in [0.05, 0.1) is 14.2 Å². The molecule has 0 spiro atoms. The first-order chi connectivity index (χ1) is 10.5. The molecule has 0 radical (unpaired) electrons. The molecule has 2 atom stereocenters. The Labute approximate surface area is 134 Å². The number of methoxy groups -OCH3 is 2. The van der Waals surface area contributed by atoms with Gasteiger partial charge < -0.3 is 14.6 Å². The third-order valence-electron chi connectivity index (χ3n) is 3.64. The maximum Gasteiger partial charge on any atom is 0.169 e. The minimum absolute atomic E-state index is 0.307. The summed E-state index contributed by atoms with van der Waals surface area (Å²) in [6.45, 7) is 3.50. The molecule has 4 nitrogen and oxygen atoms in total. The van der Waals surface area contributed by atoms with Crippen LogP contribution in [-0.4, -0.2) is 25.1 Å². The summed E-state index contributed by atoms with van der Waals surface area (Å²) >= 11 is 5.89. The van der Waals surface area contributed by atoms with Crippen molar-refractivity contribution in [2.75, 3.05) is 14.2 Å². The Bertz CT molecular complexity index is 645. The van der Waals surface area contributed by atoms with Crippen LogP contribution >= 0.6 is 11.6 Å². The van der Waals surface area contributed by atoms with Gasteiger partial charge in [-0.25, -0.2) is 0 Å². The van der Waals surface area contributed by atoms with Crippen molar-refractivity contribution >= 4 is 17.4 Å². The van der Waals surface area contributed by atoms with Gasteiger partial charge in [0.15, 0.2) is 5.78 Å². The second-order valence-electron chi connectivity index (χ2n) is 4.87. The number of hydrogen-bond donors (Lipinski definition) is 1. The van der Waals surface area contributed by atoms with Gasteiger partial charge in [-0.05, 0) is 29.8 Å². The lowest BCUT2D eigenvalue weighted by Gasteiger charge is -2.36. The molecule has 116 valence electrons. The molecule has 2 rings (SSSR count). The van der Waals surface area contributed by atoms with Crippen LogP contribution in [0, 0.1) is 5.92 Å². The zero-order valence-corrected chi connectivity index (χ0v) is 13.1. The lowest BCUT2D eigenvalue weighted by Crippen LogP contribution is -2.41. The molecule has 0 heterocycles. The zero-order valence-electron chi connectivity index (χ0n) is 12.4. The lowest BCUT2D eigenvalue weighted by molar-refractivity contribution is -0.125. The summed E-state index contributed by atoms with van der Waals surface area (Å²) in [4.78, 5) is 12.3. The van der Waals surface area contributed by atoms with Crippen molar-refractivity contribution in [3.63, 3.8) is 0 Å². The van der Waals surface area contributed by atoms with Crippen molar-refractivity contribution in [1.82, 2.24) is 0 Å². The number of rotatable bonds is 5. The molecule has 0 fully saturated rings. The van der Waals surface area contributed by atoms with E-state index in [0.29, 0.717) is 22.1 Å². The maximum atomic E-state index is 12.3. The van der Waals surface area contributed by atoms with Crippen molar-refractivity contribution in [2.45, 2.75) is 5.60 Å². The highest BCUT2D eigenvalue weighted by Gasteiger charge is 2.46. The number of allylic oxidation sites excluding steroid dienone is 2. The predicted molar refractivity (Wildman–Crippen MR) is 84.2 cm³/mol. The van der Waals surface area contributed by atoms with Crippen molar-refractivity contribution in [3.05, 3.63) is 71.2 Å². The Hall–Kier alpha value is -2.04. The summed E-state index contributed by atoms with van der Waals surface area (Å²) in [7, 11) is 2.92.